The van der Waals surface area contributed by atoms with E-state index in [9.17, 15) is 9.59 Å². The Balaban J connectivity index is 1.98. The zero-order valence-corrected chi connectivity index (χ0v) is 20.2. The van der Waals surface area contributed by atoms with E-state index in [1.165, 1.54) is 0 Å². The summed E-state index contributed by atoms with van der Waals surface area (Å²) in [7, 11) is 1.62. The fourth-order valence-corrected chi connectivity index (χ4v) is 5.43. The number of benzene rings is 1. The highest BCUT2D eigenvalue weighted by Crippen LogP contribution is 2.53. The fourth-order valence-electron chi connectivity index (χ4n) is 5.34. The first-order chi connectivity index (χ1) is 14.9. The van der Waals surface area contributed by atoms with Gasteiger partial charge in [-0.2, -0.15) is 0 Å². The molecule has 0 saturated heterocycles. The van der Waals surface area contributed by atoms with E-state index in [2.05, 4.69) is 33.1 Å². The van der Waals surface area contributed by atoms with Gasteiger partial charge in [0.25, 0.3) is 0 Å². The molecule has 1 aliphatic heterocycles. The lowest BCUT2D eigenvalue weighted by Crippen LogP contribution is -2.52. The first kappa shape index (κ1) is 22.5. The van der Waals surface area contributed by atoms with Crippen molar-refractivity contribution in [3.8, 4) is 5.75 Å². The van der Waals surface area contributed by atoms with Crippen molar-refractivity contribution in [1.29, 1.82) is 0 Å². The van der Waals surface area contributed by atoms with E-state index in [0.717, 1.165) is 22.7 Å². The molecule has 0 amide bonds. The van der Waals surface area contributed by atoms with Crippen LogP contribution in [0.15, 0.2) is 46.8 Å². The topological polar surface area (TPSA) is 84.7 Å². The van der Waals surface area contributed by atoms with Gasteiger partial charge in [-0.3, -0.25) is 20.0 Å². The van der Waals surface area contributed by atoms with Crippen molar-refractivity contribution >= 4 is 28.9 Å². The van der Waals surface area contributed by atoms with Crippen molar-refractivity contribution in [2.75, 3.05) is 7.11 Å². The number of allylic oxidation sites excluding steroid dienone is 4. The summed E-state index contributed by atoms with van der Waals surface area (Å²) in [5.74, 6) is 0.464. The predicted octanol–water partition coefficient (Wildman–Crippen LogP) is 4.13. The lowest BCUT2D eigenvalue weighted by Gasteiger charge is -2.48. The van der Waals surface area contributed by atoms with Gasteiger partial charge >= 0.3 is 0 Å². The Labute approximate surface area is 194 Å². The molecular weight excluding hydrogens is 422 g/mol. The third-order valence-electron chi connectivity index (χ3n) is 6.58. The molecule has 1 aromatic rings. The molecule has 4 rings (SSSR count). The summed E-state index contributed by atoms with van der Waals surface area (Å²) in [6.07, 6.45) is 2.23. The van der Waals surface area contributed by atoms with E-state index in [-0.39, 0.29) is 27.5 Å². The molecular formula is C25H31N3O3S. The molecule has 1 heterocycles. The molecule has 32 heavy (non-hydrogen) atoms. The molecule has 0 unspecified atom stereocenters. The molecule has 0 radical (unpaired) electrons. The maximum atomic E-state index is 13.6. The molecule has 7 heteroatoms. The molecule has 0 atom stereocenters. The second-order valence-corrected chi connectivity index (χ2v) is 11.1. The van der Waals surface area contributed by atoms with Gasteiger partial charge in [0.1, 0.15) is 5.75 Å². The smallest absolute Gasteiger partial charge is 0.183 e. The van der Waals surface area contributed by atoms with Gasteiger partial charge in [-0.1, -0.05) is 39.8 Å². The van der Waals surface area contributed by atoms with E-state index in [0.29, 0.717) is 36.8 Å². The van der Waals surface area contributed by atoms with Crippen molar-refractivity contribution in [3.63, 3.8) is 0 Å². The van der Waals surface area contributed by atoms with E-state index in [4.69, 9.17) is 22.7 Å². The largest absolute Gasteiger partial charge is 0.497 e. The molecule has 1 aromatic carbocycles. The van der Waals surface area contributed by atoms with Gasteiger partial charge in [-0.05, 0) is 53.6 Å². The Bertz CT molecular complexity index is 1010. The van der Waals surface area contributed by atoms with Crippen LogP contribution in [0.25, 0.3) is 0 Å². The number of ketones is 2. The van der Waals surface area contributed by atoms with E-state index in [1.54, 1.807) is 7.11 Å². The zero-order valence-electron chi connectivity index (χ0n) is 19.4. The quantitative estimate of drug-likeness (QED) is 0.666. The number of carbonyl (C=O) groups is 2. The Morgan fingerprint density at radius 3 is 1.84 bits per heavy atom. The number of nitrogens with one attached hydrogen (secondary N) is 1. The normalized spacial score (nSPS) is 22.5. The van der Waals surface area contributed by atoms with Crippen LogP contribution < -0.4 is 15.9 Å². The van der Waals surface area contributed by atoms with E-state index in [1.807, 2.05) is 29.3 Å². The number of hydrogen-bond donors (Lipinski definition) is 2. The number of thiocarbonyl (C=S) groups is 1. The SMILES string of the molecule is COc1ccc(C2C3=C(CC(C)(C)CC3=O)N(NC(N)=S)C3=C2C(=O)CC(C)(C)C3)cc1. The Morgan fingerprint density at radius 1 is 0.969 bits per heavy atom. The fraction of sp³-hybridized carbons (Fsp3) is 0.480. The van der Waals surface area contributed by atoms with Crippen molar-refractivity contribution < 1.29 is 14.3 Å². The van der Waals surface area contributed by atoms with Crippen LogP contribution in [0, 0.1) is 10.8 Å². The van der Waals surface area contributed by atoms with Gasteiger partial charge in [0.2, 0.25) is 0 Å². The zero-order chi connectivity index (χ0) is 23.4. The highest BCUT2D eigenvalue weighted by molar-refractivity contribution is 7.80. The van der Waals surface area contributed by atoms with Crippen LogP contribution in [0.3, 0.4) is 0 Å². The number of nitrogens with two attached hydrogens (primary N) is 1. The van der Waals surface area contributed by atoms with Crippen LogP contribution in [-0.2, 0) is 9.59 Å². The highest BCUT2D eigenvalue weighted by atomic mass is 32.1. The number of Topliss-reactive ketones (excluding diaryl/α,β-unsaturated/α-hetero) is 2. The number of hydrazine groups is 1. The summed E-state index contributed by atoms with van der Waals surface area (Å²) in [6.45, 7) is 8.37. The molecule has 170 valence electrons. The monoisotopic (exact) mass is 453 g/mol. The number of methoxy groups -OCH3 is 1. The molecule has 2 aliphatic carbocycles. The van der Waals surface area contributed by atoms with Crippen molar-refractivity contribution in [1.82, 2.24) is 10.4 Å². The minimum Gasteiger partial charge on any atom is -0.497 e. The lowest BCUT2D eigenvalue weighted by atomic mass is 9.64. The maximum Gasteiger partial charge on any atom is 0.183 e. The van der Waals surface area contributed by atoms with Gasteiger partial charge in [-0.25, -0.2) is 0 Å². The van der Waals surface area contributed by atoms with Crippen LogP contribution in [0.5, 0.6) is 5.75 Å². The van der Waals surface area contributed by atoms with Crippen LogP contribution in [-0.4, -0.2) is 28.8 Å². The second-order valence-electron chi connectivity index (χ2n) is 10.6. The van der Waals surface area contributed by atoms with Gasteiger partial charge < -0.3 is 10.5 Å². The summed E-state index contributed by atoms with van der Waals surface area (Å²) >= 11 is 5.18. The molecule has 0 bridgehead atoms. The summed E-state index contributed by atoms with van der Waals surface area (Å²) in [4.78, 5) is 27.1. The molecule has 0 spiro atoms. The average molecular weight is 454 g/mol. The van der Waals surface area contributed by atoms with Gasteiger partial charge in [0.05, 0.1) is 7.11 Å². The molecule has 0 fully saturated rings. The van der Waals surface area contributed by atoms with E-state index >= 15 is 0 Å². The summed E-state index contributed by atoms with van der Waals surface area (Å²) < 4.78 is 5.32. The minimum atomic E-state index is -0.400. The molecule has 0 aromatic heterocycles. The standard InChI is InChI=1S/C25H31N3O3S/c1-24(2)10-16-21(18(29)12-24)20(14-6-8-15(31-5)9-7-14)22-17(28(16)27-23(26)32)11-25(3,4)13-19(22)30/h6-9,20H,10-13H2,1-5H3,(H3,26,27,32). The van der Waals surface area contributed by atoms with Crippen molar-refractivity contribution in [2.45, 2.75) is 59.3 Å². The Morgan fingerprint density at radius 2 is 1.44 bits per heavy atom. The van der Waals surface area contributed by atoms with Gasteiger partial charge in [-0.15, -0.1) is 0 Å². The third-order valence-corrected chi connectivity index (χ3v) is 6.67. The van der Waals surface area contributed by atoms with Crippen LogP contribution in [0.1, 0.15) is 64.9 Å². The van der Waals surface area contributed by atoms with Crippen LogP contribution in [0.2, 0.25) is 0 Å². The minimum absolute atomic E-state index is 0.0657. The van der Waals surface area contributed by atoms with Gasteiger partial charge in [0, 0.05) is 41.3 Å². The molecule has 3 aliphatic rings. The maximum absolute atomic E-state index is 13.6. The Kier molecular flexibility index (Phi) is 5.44. The highest BCUT2D eigenvalue weighted by Gasteiger charge is 2.49. The molecule has 6 nitrogen and oxygen atoms in total. The predicted molar refractivity (Wildman–Crippen MR) is 128 cm³/mol. The molecule has 3 N–H and O–H groups in total. The summed E-state index contributed by atoms with van der Waals surface area (Å²) in [5.41, 5.74) is 12.6. The second kappa shape index (κ2) is 7.73. The summed E-state index contributed by atoms with van der Waals surface area (Å²) in [5, 5.41) is 1.96. The number of ether oxygens (including phenoxy) is 1. The van der Waals surface area contributed by atoms with Gasteiger partial charge in [0.15, 0.2) is 16.7 Å². The molecule has 0 saturated carbocycles. The number of nitrogens with zero attached hydrogens (tertiary/aromatic N) is 1. The lowest BCUT2D eigenvalue weighted by molar-refractivity contribution is -0.119. The number of carbonyl (C=O) groups excluding carboxylic acids is 2. The summed E-state index contributed by atoms with van der Waals surface area (Å²) in [6, 6.07) is 7.67. The number of hydrogen-bond acceptors (Lipinski definition) is 5. The third kappa shape index (κ3) is 3.94. The van der Waals surface area contributed by atoms with E-state index < -0.39 is 5.92 Å². The van der Waals surface area contributed by atoms with Crippen molar-refractivity contribution in [3.05, 3.63) is 52.4 Å². The first-order valence-electron chi connectivity index (χ1n) is 11.0. The first-order valence-corrected chi connectivity index (χ1v) is 11.4. The average Bonchev–Trinajstić information content (AvgIpc) is 2.67. The van der Waals surface area contributed by atoms with Crippen LogP contribution in [0.4, 0.5) is 0 Å². The van der Waals surface area contributed by atoms with Crippen molar-refractivity contribution in [2.24, 2.45) is 16.6 Å². The number of rotatable bonds is 3. The Hall–Kier alpha value is -2.67. The van der Waals surface area contributed by atoms with Crippen LogP contribution >= 0.6 is 12.2 Å².